The summed E-state index contributed by atoms with van der Waals surface area (Å²) in [5.41, 5.74) is 1.04. The molecule has 1 aliphatic heterocycles. The van der Waals surface area contributed by atoms with Crippen molar-refractivity contribution in [2.75, 3.05) is 27.3 Å². The van der Waals surface area contributed by atoms with Gasteiger partial charge in [0.05, 0.1) is 30.4 Å². The third-order valence-electron chi connectivity index (χ3n) is 2.91. The normalized spacial score (nSPS) is 16.6. The number of likely N-dealkylation sites (N-methyl/N-ethyl adjacent to an activating group) is 1. The number of pyridine rings is 1. The molecule has 0 bridgehead atoms. The summed E-state index contributed by atoms with van der Waals surface area (Å²) < 4.78 is 0. The molecule has 0 aliphatic carbocycles. The Labute approximate surface area is 111 Å². The van der Waals surface area contributed by atoms with Crippen LogP contribution in [0.3, 0.4) is 0 Å². The molecule has 0 saturated heterocycles. The number of nitro groups is 1. The molecule has 7 heteroatoms. The molecule has 102 valence electrons. The first-order valence-electron chi connectivity index (χ1n) is 5.99. The van der Waals surface area contributed by atoms with Gasteiger partial charge in [0.1, 0.15) is 0 Å². The molecule has 0 atom stereocenters. The number of rotatable bonds is 4. The van der Waals surface area contributed by atoms with Gasteiger partial charge in [-0.1, -0.05) is 6.07 Å². The van der Waals surface area contributed by atoms with Crippen molar-refractivity contribution in [2.24, 2.45) is 0 Å². The lowest BCUT2D eigenvalue weighted by Gasteiger charge is -2.32. The van der Waals surface area contributed by atoms with Gasteiger partial charge in [-0.05, 0) is 19.2 Å². The Morgan fingerprint density at radius 3 is 2.89 bits per heavy atom. The minimum atomic E-state index is -0.326. The number of nitrogens with one attached hydrogen (secondary N) is 1. The fourth-order valence-corrected chi connectivity index (χ4v) is 2.09. The minimum absolute atomic E-state index is 0.187. The molecule has 0 aromatic carbocycles. The zero-order chi connectivity index (χ0) is 13.8. The van der Waals surface area contributed by atoms with Crippen molar-refractivity contribution in [2.45, 2.75) is 6.54 Å². The molecule has 1 aromatic rings. The lowest BCUT2D eigenvalue weighted by atomic mass is 10.3. The minimum Gasteiger partial charge on any atom is -0.361 e. The molecule has 2 heterocycles. The maximum absolute atomic E-state index is 11.1. The topological polar surface area (TPSA) is 74.5 Å². The van der Waals surface area contributed by atoms with Crippen LogP contribution in [0.1, 0.15) is 5.69 Å². The zero-order valence-electron chi connectivity index (χ0n) is 11.0. The molecule has 2 rings (SSSR count). The van der Waals surface area contributed by atoms with Crippen LogP contribution in [-0.4, -0.2) is 47.0 Å². The monoisotopic (exact) mass is 263 g/mol. The second kappa shape index (κ2) is 5.66. The molecular weight excluding hydrogens is 246 g/mol. The quantitative estimate of drug-likeness (QED) is 0.628. The van der Waals surface area contributed by atoms with Crippen molar-refractivity contribution in [1.82, 2.24) is 20.1 Å². The summed E-state index contributed by atoms with van der Waals surface area (Å²) in [5, 5.41) is 14.2. The summed E-state index contributed by atoms with van der Waals surface area (Å²) >= 11 is 0. The molecule has 1 aromatic heterocycles. The van der Waals surface area contributed by atoms with E-state index in [1.165, 1.54) is 0 Å². The van der Waals surface area contributed by atoms with Gasteiger partial charge in [-0.25, -0.2) is 0 Å². The van der Waals surface area contributed by atoms with Crippen molar-refractivity contribution in [3.63, 3.8) is 0 Å². The molecule has 0 spiro atoms. The molecule has 1 N–H and O–H groups in total. The van der Waals surface area contributed by atoms with E-state index in [2.05, 4.69) is 10.3 Å². The highest BCUT2D eigenvalue weighted by atomic mass is 16.6. The Morgan fingerprint density at radius 1 is 1.47 bits per heavy atom. The van der Waals surface area contributed by atoms with Crippen LogP contribution in [0.4, 0.5) is 0 Å². The van der Waals surface area contributed by atoms with Crippen molar-refractivity contribution < 1.29 is 4.92 Å². The van der Waals surface area contributed by atoms with Crippen molar-refractivity contribution >= 4 is 0 Å². The van der Waals surface area contributed by atoms with Crippen LogP contribution >= 0.6 is 0 Å². The van der Waals surface area contributed by atoms with Gasteiger partial charge in [-0.3, -0.25) is 20.0 Å². The van der Waals surface area contributed by atoms with Gasteiger partial charge in [-0.15, -0.1) is 0 Å². The summed E-state index contributed by atoms with van der Waals surface area (Å²) in [5.74, 6) is 0.564. The van der Waals surface area contributed by atoms with Crippen LogP contribution in [0, 0.1) is 10.1 Å². The third kappa shape index (κ3) is 3.19. The third-order valence-corrected chi connectivity index (χ3v) is 2.91. The van der Waals surface area contributed by atoms with Gasteiger partial charge < -0.3 is 10.2 Å². The average Bonchev–Trinajstić information content (AvgIpc) is 2.38. The van der Waals surface area contributed by atoms with Crippen LogP contribution in [0.25, 0.3) is 0 Å². The Morgan fingerprint density at radius 2 is 2.26 bits per heavy atom. The maximum Gasteiger partial charge on any atom is 0.299 e. The van der Waals surface area contributed by atoms with E-state index in [0.29, 0.717) is 25.6 Å². The van der Waals surface area contributed by atoms with Crippen LogP contribution in [-0.2, 0) is 6.54 Å². The van der Waals surface area contributed by atoms with E-state index in [-0.39, 0.29) is 10.6 Å². The molecule has 0 fully saturated rings. The largest absolute Gasteiger partial charge is 0.361 e. The second-order valence-corrected chi connectivity index (χ2v) is 4.58. The summed E-state index contributed by atoms with van der Waals surface area (Å²) in [4.78, 5) is 18.7. The van der Waals surface area contributed by atoms with Gasteiger partial charge >= 0.3 is 0 Å². The first kappa shape index (κ1) is 13.3. The standard InChI is InChI=1S/C12H17N5O2/c1-15-8-11(17(18)19)12(16(2)9-15)14-7-10-5-3-4-6-13-10/h3-6,14H,7-9H2,1-2H3. The van der Waals surface area contributed by atoms with E-state index in [9.17, 15) is 10.1 Å². The van der Waals surface area contributed by atoms with Crippen LogP contribution in [0.2, 0.25) is 0 Å². The molecule has 0 saturated carbocycles. The van der Waals surface area contributed by atoms with Gasteiger partial charge in [0, 0.05) is 13.2 Å². The summed E-state index contributed by atoms with van der Waals surface area (Å²) in [6, 6.07) is 5.62. The first-order valence-corrected chi connectivity index (χ1v) is 5.99. The van der Waals surface area contributed by atoms with Crippen molar-refractivity contribution in [3.05, 3.63) is 51.7 Å². The summed E-state index contributed by atoms with van der Waals surface area (Å²) in [6.45, 7) is 1.46. The maximum atomic E-state index is 11.1. The Hall–Kier alpha value is -2.15. The number of hydrogen-bond donors (Lipinski definition) is 1. The molecular formula is C12H17N5O2. The molecule has 0 amide bonds. The highest BCUT2D eigenvalue weighted by molar-refractivity contribution is 5.11. The van der Waals surface area contributed by atoms with Crippen molar-refractivity contribution in [1.29, 1.82) is 0 Å². The van der Waals surface area contributed by atoms with Gasteiger partial charge in [-0.2, -0.15) is 0 Å². The van der Waals surface area contributed by atoms with E-state index >= 15 is 0 Å². The lowest BCUT2D eigenvalue weighted by Crippen LogP contribution is -2.45. The van der Waals surface area contributed by atoms with E-state index in [4.69, 9.17) is 0 Å². The molecule has 7 nitrogen and oxygen atoms in total. The number of nitrogens with zero attached hydrogens (tertiary/aromatic N) is 4. The number of aromatic nitrogens is 1. The SMILES string of the molecule is CN1CC([N+](=O)[O-])=C(NCc2ccccn2)N(C)C1. The van der Waals surface area contributed by atoms with Crippen LogP contribution < -0.4 is 5.32 Å². The Kier molecular flexibility index (Phi) is 3.96. The number of hydrogen-bond acceptors (Lipinski definition) is 6. The zero-order valence-corrected chi connectivity index (χ0v) is 11.0. The molecule has 0 unspecified atom stereocenters. The lowest BCUT2D eigenvalue weighted by molar-refractivity contribution is -0.432. The van der Waals surface area contributed by atoms with Crippen LogP contribution in [0.15, 0.2) is 35.9 Å². The molecule has 0 radical (unpaired) electrons. The fourth-order valence-electron chi connectivity index (χ4n) is 2.09. The highest BCUT2D eigenvalue weighted by Crippen LogP contribution is 2.15. The van der Waals surface area contributed by atoms with Gasteiger partial charge in [0.25, 0.3) is 5.70 Å². The van der Waals surface area contributed by atoms with Gasteiger partial charge in [0.15, 0.2) is 5.82 Å². The summed E-state index contributed by atoms with van der Waals surface area (Å²) in [7, 11) is 3.69. The van der Waals surface area contributed by atoms with E-state index in [1.54, 1.807) is 6.20 Å². The van der Waals surface area contributed by atoms with Gasteiger partial charge in [0.2, 0.25) is 0 Å². The van der Waals surface area contributed by atoms with E-state index in [0.717, 1.165) is 5.69 Å². The highest BCUT2D eigenvalue weighted by Gasteiger charge is 2.28. The molecule has 19 heavy (non-hydrogen) atoms. The van der Waals surface area contributed by atoms with E-state index in [1.807, 2.05) is 42.1 Å². The molecule has 1 aliphatic rings. The average molecular weight is 263 g/mol. The smallest absolute Gasteiger partial charge is 0.299 e. The van der Waals surface area contributed by atoms with Crippen molar-refractivity contribution in [3.8, 4) is 0 Å². The predicted molar refractivity (Wildman–Crippen MR) is 70.4 cm³/mol. The second-order valence-electron chi connectivity index (χ2n) is 4.58. The Balaban J connectivity index is 2.15. The van der Waals surface area contributed by atoms with Crippen LogP contribution in [0.5, 0.6) is 0 Å². The predicted octanol–water partition coefficient (Wildman–Crippen LogP) is 0.452. The Bertz CT molecular complexity index is 488. The first-order chi connectivity index (χ1) is 9.08. The van der Waals surface area contributed by atoms with E-state index < -0.39 is 0 Å². The summed E-state index contributed by atoms with van der Waals surface area (Å²) in [6.07, 6.45) is 1.71. The fraction of sp³-hybridized carbons (Fsp3) is 0.417.